The van der Waals surface area contributed by atoms with Gasteiger partial charge in [0.15, 0.2) is 0 Å². The van der Waals surface area contributed by atoms with Crippen molar-refractivity contribution in [3.63, 3.8) is 0 Å². The van der Waals surface area contributed by atoms with Gasteiger partial charge in [-0.1, -0.05) is 35.9 Å². The van der Waals surface area contributed by atoms with Crippen LogP contribution in [0.3, 0.4) is 0 Å². The van der Waals surface area contributed by atoms with Crippen LogP contribution in [-0.4, -0.2) is 66.0 Å². The second-order valence-electron chi connectivity index (χ2n) is 7.68. The first-order valence-electron chi connectivity index (χ1n) is 10.2. The number of ketones is 1. The normalized spacial score (nSPS) is 22.0. The molecule has 6 nitrogen and oxygen atoms in total. The summed E-state index contributed by atoms with van der Waals surface area (Å²) in [4.78, 5) is 30.6. The number of benzene rings is 1. The Labute approximate surface area is 180 Å². The average Bonchev–Trinajstić information content (AvgIpc) is 3.37. The molecule has 1 aromatic heterocycles. The number of rotatable bonds is 6. The van der Waals surface area contributed by atoms with Crippen molar-refractivity contribution in [2.24, 2.45) is 0 Å². The molecule has 158 valence electrons. The Balaban J connectivity index is 1.61. The topological polar surface area (TPSA) is 70.1 Å². The predicted molar refractivity (Wildman–Crippen MR) is 116 cm³/mol. The van der Waals surface area contributed by atoms with Crippen LogP contribution >= 0.6 is 11.3 Å². The fraction of sp³-hybridized carbons (Fsp3) is 0.391. The molecule has 2 saturated heterocycles. The molecule has 0 aliphatic carbocycles. The maximum atomic E-state index is 12.9. The van der Waals surface area contributed by atoms with Gasteiger partial charge in [-0.15, -0.1) is 11.3 Å². The highest BCUT2D eigenvalue weighted by atomic mass is 32.1. The summed E-state index contributed by atoms with van der Waals surface area (Å²) in [5.74, 6) is -1.26. The standard InChI is InChI=1S/C23H26N2O4S/c1-16-5-7-17(8-6-16)21(26)19-20(18-4-2-15-30-18)25(23(28)22(19)27)10-3-9-24-11-13-29-14-12-24/h2,4-8,15,20,26H,3,9-14H2,1H3. The number of hydrogen-bond donors (Lipinski definition) is 1. The smallest absolute Gasteiger partial charge is 0.295 e. The number of thiophene rings is 1. The van der Waals surface area contributed by atoms with Crippen LogP contribution in [0.1, 0.15) is 28.5 Å². The molecule has 0 bridgehead atoms. The quantitative estimate of drug-likeness (QED) is 0.436. The first kappa shape index (κ1) is 20.8. The van der Waals surface area contributed by atoms with Crippen molar-refractivity contribution < 1.29 is 19.4 Å². The molecule has 0 saturated carbocycles. The summed E-state index contributed by atoms with van der Waals surface area (Å²) >= 11 is 1.49. The number of likely N-dealkylation sites (tertiary alicyclic amines) is 1. The maximum Gasteiger partial charge on any atom is 0.295 e. The Hall–Kier alpha value is -2.48. The summed E-state index contributed by atoms with van der Waals surface area (Å²) in [5, 5.41) is 12.9. The lowest BCUT2D eigenvalue weighted by Crippen LogP contribution is -2.38. The number of amides is 1. The number of carbonyl (C=O) groups is 2. The Kier molecular flexibility index (Phi) is 6.32. The van der Waals surface area contributed by atoms with Crippen molar-refractivity contribution in [2.45, 2.75) is 19.4 Å². The summed E-state index contributed by atoms with van der Waals surface area (Å²) < 4.78 is 5.38. The first-order valence-corrected chi connectivity index (χ1v) is 11.1. The lowest BCUT2D eigenvalue weighted by atomic mass is 9.99. The molecule has 30 heavy (non-hydrogen) atoms. The third-order valence-corrected chi connectivity index (χ3v) is 6.58. The van der Waals surface area contributed by atoms with Gasteiger partial charge in [-0.3, -0.25) is 14.5 Å². The SMILES string of the molecule is Cc1ccc(C(O)=C2C(=O)C(=O)N(CCCN3CCOCC3)C2c2cccs2)cc1. The van der Waals surface area contributed by atoms with Gasteiger partial charge in [0, 0.05) is 36.6 Å². The number of nitrogens with zero attached hydrogens (tertiary/aromatic N) is 2. The van der Waals surface area contributed by atoms with E-state index in [-0.39, 0.29) is 11.3 Å². The first-order chi connectivity index (χ1) is 14.6. The number of aryl methyl sites for hydroxylation is 1. The molecular formula is C23H26N2O4S. The Bertz CT molecular complexity index is 931. The molecule has 0 spiro atoms. The van der Waals surface area contributed by atoms with Crippen LogP contribution in [0.2, 0.25) is 0 Å². The fourth-order valence-electron chi connectivity index (χ4n) is 4.01. The van der Waals surface area contributed by atoms with Gasteiger partial charge in [0.1, 0.15) is 5.76 Å². The van der Waals surface area contributed by atoms with Gasteiger partial charge in [0.2, 0.25) is 0 Å². The lowest BCUT2D eigenvalue weighted by molar-refractivity contribution is -0.140. The monoisotopic (exact) mass is 426 g/mol. The minimum atomic E-state index is -0.613. The van der Waals surface area contributed by atoms with E-state index in [4.69, 9.17) is 4.74 Å². The van der Waals surface area contributed by atoms with Crippen LogP contribution in [0.5, 0.6) is 0 Å². The molecule has 1 atom stereocenters. The zero-order valence-electron chi connectivity index (χ0n) is 17.0. The minimum absolute atomic E-state index is 0.109. The summed E-state index contributed by atoms with van der Waals surface area (Å²) in [5.41, 5.74) is 1.79. The van der Waals surface area contributed by atoms with Gasteiger partial charge in [0.05, 0.1) is 24.8 Å². The average molecular weight is 427 g/mol. The van der Waals surface area contributed by atoms with E-state index in [0.717, 1.165) is 49.7 Å². The molecule has 1 amide bonds. The number of Topliss-reactive ketones (excluding diaryl/α,β-unsaturated/α-hetero) is 1. The zero-order chi connectivity index (χ0) is 21.1. The van der Waals surface area contributed by atoms with Crippen LogP contribution in [-0.2, 0) is 14.3 Å². The maximum absolute atomic E-state index is 12.9. The number of aliphatic hydroxyl groups excluding tert-OH is 1. The van der Waals surface area contributed by atoms with E-state index < -0.39 is 17.7 Å². The third-order valence-electron chi connectivity index (χ3n) is 5.65. The summed E-state index contributed by atoms with van der Waals surface area (Å²) in [7, 11) is 0. The van der Waals surface area contributed by atoms with Crippen molar-refractivity contribution >= 4 is 28.8 Å². The molecule has 2 aromatic rings. The van der Waals surface area contributed by atoms with Crippen LogP contribution in [0.25, 0.3) is 5.76 Å². The zero-order valence-corrected chi connectivity index (χ0v) is 17.9. The highest BCUT2D eigenvalue weighted by Crippen LogP contribution is 2.41. The Morgan fingerprint density at radius 2 is 1.87 bits per heavy atom. The molecule has 3 heterocycles. The van der Waals surface area contributed by atoms with Crippen LogP contribution in [0.4, 0.5) is 0 Å². The van der Waals surface area contributed by atoms with Crippen molar-refractivity contribution in [1.29, 1.82) is 0 Å². The molecule has 4 rings (SSSR count). The molecule has 2 fully saturated rings. The summed E-state index contributed by atoms with van der Waals surface area (Å²) in [6.07, 6.45) is 0.763. The van der Waals surface area contributed by atoms with E-state index in [1.807, 2.05) is 36.6 Å². The van der Waals surface area contributed by atoms with Crippen molar-refractivity contribution in [1.82, 2.24) is 9.80 Å². The minimum Gasteiger partial charge on any atom is -0.507 e. The second kappa shape index (κ2) is 9.12. The van der Waals surface area contributed by atoms with Crippen molar-refractivity contribution in [3.8, 4) is 0 Å². The van der Waals surface area contributed by atoms with E-state index in [9.17, 15) is 14.7 Å². The van der Waals surface area contributed by atoms with Crippen LogP contribution in [0, 0.1) is 6.92 Å². The molecule has 1 aromatic carbocycles. The van der Waals surface area contributed by atoms with Gasteiger partial charge in [0.25, 0.3) is 11.7 Å². The number of ether oxygens (including phenoxy) is 1. The number of carbonyl (C=O) groups excluding carboxylic acids is 2. The van der Waals surface area contributed by atoms with Crippen molar-refractivity contribution in [2.75, 3.05) is 39.4 Å². The van der Waals surface area contributed by atoms with E-state index >= 15 is 0 Å². The molecular weight excluding hydrogens is 400 g/mol. The molecule has 2 aliphatic heterocycles. The van der Waals surface area contributed by atoms with Crippen LogP contribution < -0.4 is 0 Å². The number of morpholine rings is 1. The summed E-state index contributed by atoms with van der Waals surface area (Å²) in [6, 6.07) is 10.6. The number of hydrogen-bond acceptors (Lipinski definition) is 6. The van der Waals surface area contributed by atoms with Gasteiger partial charge in [-0.05, 0) is 24.8 Å². The molecule has 1 N–H and O–H groups in total. The molecule has 0 radical (unpaired) electrons. The number of aliphatic hydroxyl groups is 1. The lowest BCUT2D eigenvalue weighted by Gasteiger charge is -2.28. The van der Waals surface area contributed by atoms with E-state index in [1.165, 1.54) is 11.3 Å². The predicted octanol–water partition coefficient (Wildman–Crippen LogP) is 3.20. The van der Waals surface area contributed by atoms with Gasteiger partial charge in [-0.25, -0.2) is 0 Å². The highest BCUT2D eigenvalue weighted by Gasteiger charge is 2.46. The van der Waals surface area contributed by atoms with E-state index in [2.05, 4.69) is 4.90 Å². The highest BCUT2D eigenvalue weighted by molar-refractivity contribution is 7.10. The molecule has 1 unspecified atom stereocenters. The molecule has 7 heteroatoms. The third kappa shape index (κ3) is 4.19. The van der Waals surface area contributed by atoms with E-state index in [1.54, 1.807) is 17.0 Å². The Morgan fingerprint density at radius 1 is 1.13 bits per heavy atom. The fourth-order valence-corrected chi connectivity index (χ4v) is 4.86. The van der Waals surface area contributed by atoms with Crippen LogP contribution in [0.15, 0.2) is 47.4 Å². The summed E-state index contributed by atoms with van der Waals surface area (Å²) in [6.45, 7) is 6.52. The Morgan fingerprint density at radius 3 is 2.53 bits per heavy atom. The second-order valence-corrected chi connectivity index (χ2v) is 8.66. The van der Waals surface area contributed by atoms with Gasteiger partial charge in [-0.2, -0.15) is 0 Å². The van der Waals surface area contributed by atoms with Crippen molar-refractivity contribution in [3.05, 3.63) is 63.4 Å². The molecule has 2 aliphatic rings. The van der Waals surface area contributed by atoms with E-state index in [0.29, 0.717) is 12.1 Å². The van der Waals surface area contributed by atoms with Gasteiger partial charge >= 0.3 is 0 Å². The largest absolute Gasteiger partial charge is 0.507 e. The van der Waals surface area contributed by atoms with Gasteiger partial charge < -0.3 is 14.7 Å².